The van der Waals surface area contributed by atoms with Crippen molar-refractivity contribution in [3.05, 3.63) is 52.4 Å². The third-order valence-electron chi connectivity index (χ3n) is 4.34. The molecule has 0 aliphatic rings. The highest BCUT2D eigenvalue weighted by atomic mass is 16.5. The lowest BCUT2D eigenvalue weighted by molar-refractivity contribution is -0.123. The van der Waals surface area contributed by atoms with Crippen LogP contribution in [0.1, 0.15) is 54.3 Å². The molecule has 0 spiro atoms. The summed E-state index contributed by atoms with van der Waals surface area (Å²) in [6.07, 6.45) is 1.56. The molecule has 0 fully saturated rings. The normalized spacial score (nSPS) is 13.6. The third kappa shape index (κ3) is 4.01. The van der Waals surface area contributed by atoms with Gasteiger partial charge in [-0.15, -0.1) is 0 Å². The summed E-state index contributed by atoms with van der Waals surface area (Å²) in [7, 11) is 0. The average Bonchev–Trinajstić information content (AvgIpc) is 2.82. The Morgan fingerprint density at radius 3 is 2.52 bits per heavy atom. The highest BCUT2D eigenvalue weighted by molar-refractivity contribution is 5.84. The Bertz CT molecular complexity index is 656. The van der Waals surface area contributed by atoms with Crippen LogP contribution in [0.15, 0.2) is 28.8 Å². The Hall–Kier alpha value is -2.10. The molecule has 124 valence electrons. The molecule has 23 heavy (non-hydrogen) atoms. The minimum Gasteiger partial charge on any atom is -0.361 e. The average molecular weight is 314 g/mol. The predicted octanol–water partition coefficient (Wildman–Crippen LogP) is 3.84. The van der Waals surface area contributed by atoms with Crippen molar-refractivity contribution >= 4 is 5.91 Å². The second-order valence-electron chi connectivity index (χ2n) is 6.24. The Labute approximate surface area is 138 Å². The number of aryl methyl sites for hydroxylation is 3. The number of amides is 1. The van der Waals surface area contributed by atoms with Crippen LogP contribution < -0.4 is 5.32 Å². The van der Waals surface area contributed by atoms with Crippen molar-refractivity contribution in [2.75, 3.05) is 0 Å². The first-order chi connectivity index (χ1) is 10.9. The Kier molecular flexibility index (Phi) is 5.59. The number of carbonyl (C=O) groups is 1. The van der Waals surface area contributed by atoms with Gasteiger partial charge in [0.1, 0.15) is 5.76 Å². The predicted molar refractivity (Wildman–Crippen MR) is 91.5 cm³/mol. The molecule has 1 N–H and O–H groups in total. The van der Waals surface area contributed by atoms with Crippen LogP contribution in [-0.2, 0) is 11.2 Å². The molecule has 2 aromatic rings. The molecule has 1 aromatic carbocycles. The lowest BCUT2D eigenvalue weighted by Gasteiger charge is -2.20. The Morgan fingerprint density at radius 2 is 1.96 bits per heavy atom. The van der Waals surface area contributed by atoms with Crippen molar-refractivity contribution in [3.63, 3.8) is 0 Å². The van der Waals surface area contributed by atoms with Gasteiger partial charge in [-0.2, -0.15) is 0 Å². The van der Waals surface area contributed by atoms with Crippen LogP contribution in [-0.4, -0.2) is 17.1 Å². The zero-order valence-corrected chi connectivity index (χ0v) is 14.6. The number of benzene rings is 1. The van der Waals surface area contributed by atoms with E-state index < -0.39 is 0 Å². The van der Waals surface area contributed by atoms with Crippen LogP contribution in [0.2, 0.25) is 0 Å². The maximum atomic E-state index is 12.7. The third-order valence-corrected chi connectivity index (χ3v) is 4.34. The van der Waals surface area contributed by atoms with E-state index in [1.807, 2.05) is 39.8 Å². The van der Waals surface area contributed by atoms with Crippen molar-refractivity contribution in [3.8, 4) is 0 Å². The highest BCUT2D eigenvalue weighted by Crippen LogP contribution is 2.26. The van der Waals surface area contributed by atoms with Crippen molar-refractivity contribution in [1.29, 1.82) is 0 Å². The largest absolute Gasteiger partial charge is 0.361 e. The maximum absolute atomic E-state index is 12.7. The van der Waals surface area contributed by atoms with Crippen LogP contribution in [0.25, 0.3) is 0 Å². The van der Waals surface area contributed by atoms with Crippen LogP contribution in [0.4, 0.5) is 0 Å². The fourth-order valence-electron chi connectivity index (χ4n) is 3.07. The van der Waals surface area contributed by atoms with Crippen molar-refractivity contribution in [2.24, 2.45) is 0 Å². The van der Waals surface area contributed by atoms with Gasteiger partial charge in [-0.1, -0.05) is 36.3 Å². The summed E-state index contributed by atoms with van der Waals surface area (Å²) in [4.78, 5) is 12.7. The standard InChI is InChI=1S/C19H26N2O2/c1-6-17(18-14(4)21-23-15(18)5)19(22)20-13(3)11-16-10-8-7-9-12(16)2/h7-10,13,17H,6,11H2,1-5H3,(H,20,22)/t13-,17-/m0/s1. The van der Waals surface area contributed by atoms with Gasteiger partial charge in [0.15, 0.2) is 0 Å². The Balaban J connectivity index is 2.06. The second kappa shape index (κ2) is 7.44. The van der Waals surface area contributed by atoms with Gasteiger partial charge in [0, 0.05) is 11.6 Å². The number of hydrogen-bond acceptors (Lipinski definition) is 3. The summed E-state index contributed by atoms with van der Waals surface area (Å²) >= 11 is 0. The van der Waals surface area contributed by atoms with E-state index in [2.05, 4.69) is 29.5 Å². The topological polar surface area (TPSA) is 55.1 Å². The molecular formula is C19H26N2O2. The van der Waals surface area contributed by atoms with E-state index in [0.29, 0.717) is 0 Å². The van der Waals surface area contributed by atoms with E-state index in [1.165, 1.54) is 11.1 Å². The first-order valence-corrected chi connectivity index (χ1v) is 8.21. The van der Waals surface area contributed by atoms with Crippen molar-refractivity contribution in [2.45, 2.75) is 59.4 Å². The monoisotopic (exact) mass is 314 g/mol. The molecule has 0 saturated carbocycles. The molecule has 1 heterocycles. The van der Waals surface area contributed by atoms with E-state index in [1.54, 1.807) is 0 Å². The lowest BCUT2D eigenvalue weighted by atomic mass is 9.93. The molecule has 0 saturated heterocycles. The molecule has 4 heteroatoms. The van der Waals surface area contributed by atoms with Crippen LogP contribution >= 0.6 is 0 Å². The molecule has 4 nitrogen and oxygen atoms in total. The SMILES string of the molecule is CC[C@H](C(=O)N[C@@H](C)Cc1ccccc1C)c1c(C)noc1C. The first kappa shape index (κ1) is 17.3. The molecule has 0 bridgehead atoms. The van der Waals surface area contributed by atoms with Gasteiger partial charge < -0.3 is 9.84 Å². The second-order valence-corrected chi connectivity index (χ2v) is 6.24. The molecule has 1 amide bonds. The van der Waals surface area contributed by atoms with Crippen LogP contribution in [0, 0.1) is 20.8 Å². The number of carbonyl (C=O) groups excluding carboxylic acids is 1. The number of rotatable bonds is 6. The molecular weight excluding hydrogens is 288 g/mol. The van der Waals surface area contributed by atoms with Gasteiger partial charge in [0.2, 0.25) is 5.91 Å². The fraction of sp³-hybridized carbons (Fsp3) is 0.474. The number of nitrogens with zero attached hydrogens (tertiary/aromatic N) is 1. The molecule has 0 radical (unpaired) electrons. The minimum absolute atomic E-state index is 0.0444. The van der Waals surface area contributed by atoms with Gasteiger partial charge in [-0.25, -0.2) is 0 Å². The van der Waals surface area contributed by atoms with Crippen molar-refractivity contribution in [1.82, 2.24) is 10.5 Å². The molecule has 2 atom stereocenters. The zero-order chi connectivity index (χ0) is 17.0. The summed E-state index contributed by atoms with van der Waals surface area (Å²) in [5.74, 6) is 0.569. The van der Waals surface area contributed by atoms with Crippen LogP contribution in [0.3, 0.4) is 0 Å². The van der Waals surface area contributed by atoms with E-state index >= 15 is 0 Å². The lowest BCUT2D eigenvalue weighted by Crippen LogP contribution is -2.37. The van der Waals surface area contributed by atoms with Gasteiger partial charge in [-0.05, 0) is 51.7 Å². The molecule has 0 aliphatic heterocycles. The highest BCUT2D eigenvalue weighted by Gasteiger charge is 2.26. The van der Waals surface area contributed by atoms with E-state index in [0.717, 1.165) is 29.9 Å². The van der Waals surface area contributed by atoms with Crippen molar-refractivity contribution < 1.29 is 9.32 Å². The number of nitrogens with one attached hydrogen (secondary N) is 1. The van der Waals surface area contributed by atoms with E-state index in [-0.39, 0.29) is 17.9 Å². The number of hydrogen-bond donors (Lipinski definition) is 1. The van der Waals surface area contributed by atoms with Crippen LogP contribution in [0.5, 0.6) is 0 Å². The van der Waals surface area contributed by atoms with E-state index in [9.17, 15) is 4.79 Å². The minimum atomic E-state index is -0.208. The smallest absolute Gasteiger partial charge is 0.227 e. The number of aromatic nitrogens is 1. The summed E-state index contributed by atoms with van der Waals surface area (Å²) in [6.45, 7) is 9.91. The maximum Gasteiger partial charge on any atom is 0.227 e. The molecule has 1 aromatic heterocycles. The molecule has 0 unspecified atom stereocenters. The molecule has 2 rings (SSSR count). The summed E-state index contributed by atoms with van der Waals surface area (Å²) in [5, 5.41) is 7.11. The Morgan fingerprint density at radius 1 is 1.26 bits per heavy atom. The van der Waals surface area contributed by atoms with E-state index in [4.69, 9.17) is 4.52 Å². The summed E-state index contributed by atoms with van der Waals surface area (Å²) in [6, 6.07) is 8.37. The first-order valence-electron chi connectivity index (χ1n) is 8.21. The quantitative estimate of drug-likeness (QED) is 0.881. The van der Waals surface area contributed by atoms with Gasteiger partial charge in [0.25, 0.3) is 0 Å². The summed E-state index contributed by atoms with van der Waals surface area (Å²) in [5.41, 5.74) is 4.25. The summed E-state index contributed by atoms with van der Waals surface area (Å²) < 4.78 is 5.21. The van der Waals surface area contributed by atoms with Gasteiger partial charge in [0.05, 0.1) is 11.6 Å². The molecule has 0 aliphatic carbocycles. The van der Waals surface area contributed by atoms with Gasteiger partial charge in [-0.3, -0.25) is 4.79 Å². The zero-order valence-electron chi connectivity index (χ0n) is 14.6. The fourth-order valence-corrected chi connectivity index (χ4v) is 3.07. The van der Waals surface area contributed by atoms with Gasteiger partial charge >= 0.3 is 0 Å².